The van der Waals surface area contributed by atoms with E-state index >= 15 is 0 Å². The molecule has 0 saturated carbocycles. The molecule has 1 N–H and O–H groups in total. The van der Waals surface area contributed by atoms with Gasteiger partial charge in [-0.25, -0.2) is 0 Å². The minimum absolute atomic E-state index is 0.266. The maximum Gasteiger partial charge on any atom is 0.219 e. The van der Waals surface area contributed by atoms with E-state index in [9.17, 15) is 5.11 Å². The van der Waals surface area contributed by atoms with E-state index in [1.807, 2.05) is 24.3 Å². The molecule has 0 spiro atoms. The van der Waals surface area contributed by atoms with Crippen LogP contribution in [0.25, 0.3) is 33.8 Å². The molecule has 0 fully saturated rings. The van der Waals surface area contributed by atoms with Gasteiger partial charge in [0.2, 0.25) is 17.1 Å². The van der Waals surface area contributed by atoms with Gasteiger partial charge in [0.15, 0.2) is 0 Å². The maximum absolute atomic E-state index is 9.87. The molecule has 31 heavy (non-hydrogen) atoms. The van der Waals surface area contributed by atoms with Crippen LogP contribution in [0.15, 0.2) is 115 Å². The highest BCUT2D eigenvalue weighted by Gasteiger charge is 2.25. The molecule has 0 unspecified atom stereocenters. The summed E-state index contributed by atoms with van der Waals surface area (Å²) in [5.41, 5.74) is 8.17. The third-order valence-corrected chi connectivity index (χ3v) is 5.70. The van der Waals surface area contributed by atoms with Gasteiger partial charge in [-0.1, -0.05) is 54.6 Å². The summed E-state index contributed by atoms with van der Waals surface area (Å²) in [5, 5.41) is 9.87. The number of aromatic hydroxyl groups is 1. The lowest BCUT2D eigenvalue weighted by molar-refractivity contribution is -0.572. The van der Waals surface area contributed by atoms with Crippen molar-refractivity contribution in [2.45, 2.75) is 12.8 Å². The second kappa shape index (κ2) is 8.45. The van der Waals surface area contributed by atoms with Crippen molar-refractivity contribution in [2.24, 2.45) is 0 Å². The number of nitrogens with zero attached hydrogens (tertiary/aromatic N) is 1. The van der Waals surface area contributed by atoms with Crippen molar-refractivity contribution in [1.29, 1.82) is 0 Å². The molecule has 1 aliphatic rings. The summed E-state index contributed by atoms with van der Waals surface area (Å²) >= 11 is 0. The summed E-state index contributed by atoms with van der Waals surface area (Å²) < 4.78 is 2.28. The van der Waals surface area contributed by atoms with Crippen LogP contribution >= 0.6 is 0 Å². The van der Waals surface area contributed by atoms with Crippen molar-refractivity contribution in [3.05, 3.63) is 121 Å². The average molecular weight is 403 g/mol. The standard InChI is InChI=1S/C29H23NO/c31-27-18-16-26(17-19-27)30-28(23-12-6-2-7-13-23)20-25(22-10-4-1-5-11-22)21-29(30)24-14-8-3-9-15-24/h1-4,6-10,12-21H,5,11H2/p+1. The molecule has 1 aromatic heterocycles. The van der Waals surface area contributed by atoms with Gasteiger partial charge in [0.25, 0.3) is 0 Å². The zero-order valence-corrected chi connectivity index (χ0v) is 17.3. The quantitative estimate of drug-likeness (QED) is 0.376. The summed E-state index contributed by atoms with van der Waals surface area (Å²) in [7, 11) is 0. The fourth-order valence-corrected chi connectivity index (χ4v) is 4.15. The first kappa shape index (κ1) is 19.1. The van der Waals surface area contributed by atoms with E-state index in [0.717, 1.165) is 41.0 Å². The largest absolute Gasteiger partial charge is 0.508 e. The molecular formula is C29H24NO+. The number of benzene rings is 3. The van der Waals surface area contributed by atoms with Gasteiger partial charge in [-0.05, 0) is 60.4 Å². The Bertz CT molecular complexity index is 1190. The molecule has 2 heteroatoms. The molecule has 3 aromatic carbocycles. The fourth-order valence-electron chi connectivity index (χ4n) is 4.15. The summed E-state index contributed by atoms with van der Waals surface area (Å²) in [6.07, 6.45) is 8.72. The van der Waals surface area contributed by atoms with Crippen molar-refractivity contribution >= 4 is 5.57 Å². The molecule has 0 aliphatic heterocycles. The van der Waals surface area contributed by atoms with Gasteiger partial charge in [-0.15, -0.1) is 0 Å². The molecule has 0 amide bonds. The Morgan fingerprint density at radius 2 is 1.23 bits per heavy atom. The number of phenolic OH excluding ortho intramolecular Hbond substituents is 1. The molecular weight excluding hydrogens is 378 g/mol. The van der Waals surface area contributed by atoms with Gasteiger partial charge in [0.05, 0.1) is 0 Å². The smallest absolute Gasteiger partial charge is 0.219 e. The van der Waals surface area contributed by atoms with Crippen LogP contribution in [-0.2, 0) is 0 Å². The highest BCUT2D eigenvalue weighted by atomic mass is 16.3. The van der Waals surface area contributed by atoms with E-state index in [0.29, 0.717) is 0 Å². The first-order chi connectivity index (χ1) is 15.3. The molecule has 0 radical (unpaired) electrons. The van der Waals surface area contributed by atoms with Crippen LogP contribution in [0, 0.1) is 0 Å². The molecule has 0 atom stereocenters. The zero-order chi connectivity index (χ0) is 21.0. The number of phenols is 1. The van der Waals surface area contributed by atoms with E-state index in [1.54, 1.807) is 12.1 Å². The second-order valence-electron chi connectivity index (χ2n) is 7.76. The maximum atomic E-state index is 9.87. The zero-order valence-electron chi connectivity index (χ0n) is 17.3. The minimum Gasteiger partial charge on any atom is -0.508 e. The van der Waals surface area contributed by atoms with E-state index in [2.05, 4.69) is 83.5 Å². The first-order valence-electron chi connectivity index (χ1n) is 10.7. The Labute approximate surface area is 183 Å². The van der Waals surface area contributed by atoms with Gasteiger partial charge < -0.3 is 5.11 Å². The minimum atomic E-state index is 0.266. The van der Waals surface area contributed by atoms with Crippen LogP contribution in [0.5, 0.6) is 5.75 Å². The van der Waals surface area contributed by atoms with Gasteiger partial charge in [-0.3, -0.25) is 0 Å². The van der Waals surface area contributed by atoms with Crippen molar-refractivity contribution in [1.82, 2.24) is 0 Å². The van der Waals surface area contributed by atoms with Crippen LogP contribution in [0.1, 0.15) is 18.4 Å². The van der Waals surface area contributed by atoms with E-state index in [-0.39, 0.29) is 5.75 Å². The second-order valence-corrected chi connectivity index (χ2v) is 7.76. The molecule has 0 saturated heterocycles. The molecule has 1 heterocycles. The van der Waals surface area contributed by atoms with Crippen LogP contribution < -0.4 is 4.57 Å². The topological polar surface area (TPSA) is 24.1 Å². The molecule has 4 aromatic rings. The fraction of sp³-hybridized carbons (Fsp3) is 0.0690. The Morgan fingerprint density at radius 3 is 1.74 bits per heavy atom. The summed E-state index contributed by atoms with van der Waals surface area (Å²) in [6.45, 7) is 0. The van der Waals surface area contributed by atoms with Crippen LogP contribution in [0.4, 0.5) is 0 Å². The molecule has 1 aliphatic carbocycles. The molecule has 150 valence electrons. The molecule has 0 bridgehead atoms. The van der Waals surface area contributed by atoms with Crippen molar-refractivity contribution in [2.75, 3.05) is 0 Å². The number of allylic oxidation sites excluding steroid dienone is 4. The summed E-state index contributed by atoms with van der Waals surface area (Å²) in [4.78, 5) is 0. The lowest BCUT2D eigenvalue weighted by atomic mass is 9.94. The predicted molar refractivity (Wildman–Crippen MR) is 127 cm³/mol. The lowest BCUT2D eigenvalue weighted by Gasteiger charge is -2.15. The third kappa shape index (κ3) is 3.93. The average Bonchev–Trinajstić information content (AvgIpc) is 2.85. The SMILES string of the molecule is Oc1ccc(-[n+]2c(-c3ccccc3)cc(C3=CC=CCC3)cc2-c2ccccc2)cc1. The van der Waals surface area contributed by atoms with Crippen LogP contribution in [-0.4, -0.2) is 5.11 Å². The molecule has 2 nitrogen and oxygen atoms in total. The monoisotopic (exact) mass is 402 g/mol. The van der Waals surface area contributed by atoms with Gasteiger partial charge in [-0.2, -0.15) is 4.57 Å². The lowest BCUT2D eigenvalue weighted by Crippen LogP contribution is -2.36. The normalized spacial score (nSPS) is 13.1. The third-order valence-electron chi connectivity index (χ3n) is 5.70. The van der Waals surface area contributed by atoms with Gasteiger partial charge in [0, 0.05) is 35.4 Å². The Hall–Kier alpha value is -3.91. The first-order valence-corrected chi connectivity index (χ1v) is 10.7. The predicted octanol–water partition coefficient (Wildman–Crippen LogP) is 6.74. The number of hydrogen-bond acceptors (Lipinski definition) is 1. The van der Waals surface area contributed by atoms with Crippen molar-refractivity contribution in [3.8, 4) is 34.0 Å². The van der Waals surface area contributed by atoms with E-state index in [1.165, 1.54) is 11.1 Å². The van der Waals surface area contributed by atoms with Crippen LogP contribution in [0.3, 0.4) is 0 Å². The van der Waals surface area contributed by atoms with Crippen LogP contribution in [0.2, 0.25) is 0 Å². The highest BCUT2D eigenvalue weighted by molar-refractivity contribution is 5.75. The van der Waals surface area contributed by atoms with E-state index < -0.39 is 0 Å². The Morgan fingerprint density at radius 1 is 0.645 bits per heavy atom. The van der Waals surface area contributed by atoms with E-state index in [4.69, 9.17) is 0 Å². The van der Waals surface area contributed by atoms with Gasteiger partial charge in [0.1, 0.15) is 5.75 Å². The van der Waals surface area contributed by atoms with Crippen molar-refractivity contribution < 1.29 is 9.67 Å². The summed E-state index contributed by atoms with van der Waals surface area (Å²) in [6, 6.07) is 33.0. The van der Waals surface area contributed by atoms with Gasteiger partial charge >= 0.3 is 0 Å². The number of hydrogen-bond donors (Lipinski definition) is 1. The highest BCUT2D eigenvalue weighted by Crippen LogP contribution is 2.31. The number of pyridine rings is 1. The number of rotatable bonds is 4. The number of aromatic nitrogens is 1. The van der Waals surface area contributed by atoms with Crippen molar-refractivity contribution in [3.63, 3.8) is 0 Å². The Balaban J connectivity index is 1.84. The Kier molecular flexibility index (Phi) is 5.20. The molecule has 5 rings (SSSR count). The summed E-state index contributed by atoms with van der Waals surface area (Å²) in [5.74, 6) is 0.266.